The van der Waals surface area contributed by atoms with E-state index >= 15 is 0 Å². The van der Waals surface area contributed by atoms with Crippen LogP contribution >= 0.6 is 249 Å². The summed E-state index contributed by atoms with van der Waals surface area (Å²) in [6, 6.07) is 0.492. The van der Waals surface area contributed by atoms with E-state index in [-0.39, 0.29) is 13.3 Å². The van der Waals surface area contributed by atoms with E-state index < -0.39 is 63.3 Å². The monoisotopic (exact) mass is 2490 g/mol. The number of aromatic nitrogens is 1. The Kier molecular flexibility index (Phi) is 23.6. The number of hydrazine groups is 1. The van der Waals surface area contributed by atoms with Gasteiger partial charge in [0.2, 0.25) is 0 Å². The SMILES string of the molecule is Cc1c2c(c(C)n1C)C(I(I)I(I)I)(I(I)I(I)[I-]I)C(I(I)I)(I(I)[I-]I)NN2C(C)C. The Morgan fingerprint density at radius 1 is 0.879 bits per heavy atom. The minimum absolute atomic E-state index is 0.266. The van der Waals surface area contributed by atoms with Crippen LogP contribution in [0.25, 0.3) is 0 Å². The summed E-state index contributed by atoms with van der Waals surface area (Å²) in [6.07, 6.45) is 0. The fourth-order valence-corrected chi connectivity index (χ4v) is 521. The predicted octanol–water partition coefficient (Wildman–Crippen LogP) is 9.56. The third kappa shape index (κ3) is 8.50. The molecule has 1 aliphatic rings. The molecule has 1 N–H and O–H groups in total. The van der Waals surface area contributed by atoms with Gasteiger partial charge >= 0.3 is 357 Å². The molecule has 2 unspecified atom stereocenters. The van der Waals surface area contributed by atoms with E-state index in [9.17, 15) is 0 Å². The molecule has 2 heterocycles. The van der Waals surface area contributed by atoms with Gasteiger partial charge in [0, 0.05) is 0 Å². The van der Waals surface area contributed by atoms with Crippen LogP contribution in [-0.2, 0) is 8.48 Å². The first-order valence-corrected chi connectivity index (χ1v) is 100. The third-order valence-electron chi connectivity index (χ3n) is 4.74. The van der Waals surface area contributed by atoms with Crippen molar-refractivity contribution in [3.05, 3.63) is 17.0 Å². The zero-order chi connectivity index (χ0) is 25.6. The van der Waals surface area contributed by atoms with Crippen LogP contribution in [0.1, 0.15) is 30.8 Å². The molecular weight excluding hydrogens is 2470 g/mol. The van der Waals surface area contributed by atoms with E-state index in [4.69, 9.17) is 0 Å². The van der Waals surface area contributed by atoms with Gasteiger partial charge in [-0.1, -0.05) is 0 Å². The molecule has 0 saturated carbocycles. The number of hydrogen-bond donors (Lipinski definition) is 1. The van der Waals surface area contributed by atoms with Crippen LogP contribution in [0.3, 0.4) is 0 Å². The van der Waals surface area contributed by atoms with Crippen LogP contribution in [-0.4, -0.2) is 12.2 Å². The fourth-order valence-electron chi connectivity index (χ4n) is 3.27. The van der Waals surface area contributed by atoms with Gasteiger partial charge in [-0.2, -0.15) is 0 Å². The maximum atomic E-state index is 4.62. The van der Waals surface area contributed by atoms with Crippen LogP contribution in [0, 0.1) is 13.8 Å². The molecule has 1 aromatic heterocycles. The molecule has 2 atom stereocenters. The zero-order valence-corrected chi connectivity index (χ0v) is 55.6. The van der Waals surface area contributed by atoms with E-state index in [0.29, 0.717) is 22.3 Å². The molecule has 0 amide bonds. The molecule has 21 heteroatoms. The molecule has 2 rings (SSSR count). The van der Waals surface area contributed by atoms with Crippen molar-refractivity contribution < 1.29 is 26.5 Å². The molecule has 0 bridgehead atoms. The molecule has 0 radical (unpaired) electrons. The van der Waals surface area contributed by atoms with E-state index in [1.807, 2.05) is 5.56 Å². The van der Waals surface area contributed by atoms with Gasteiger partial charge < -0.3 is 0 Å². The molecular formula is C12H17I18N3-2. The molecule has 0 saturated heterocycles. The summed E-state index contributed by atoms with van der Waals surface area (Å²) in [5.41, 5.74) is 11.3. The Hall–Kier alpha value is 12.2. The summed E-state index contributed by atoms with van der Waals surface area (Å²) < 4.78 is 3.65. The Bertz CT molecular complexity index is 833. The van der Waals surface area contributed by atoms with Crippen molar-refractivity contribution in [3.63, 3.8) is 0 Å². The van der Waals surface area contributed by atoms with Gasteiger partial charge in [0.05, 0.1) is 0 Å². The van der Waals surface area contributed by atoms with Crippen LogP contribution in [0.4, 0.5) is 5.69 Å². The van der Waals surface area contributed by atoms with Crippen molar-refractivity contribution in [2.45, 2.75) is 36.7 Å². The first kappa shape index (κ1) is 41.4. The van der Waals surface area contributed by atoms with Gasteiger partial charge in [-0.25, -0.2) is 0 Å². The average molecular weight is 2490 g/mol. The summed E-state index contributed by atoms with van der Waals surface area (Å²) >= 11 is 26.2. The van der Waals surface area contributed by atoms with Gasteiger partial charge in [-0.15, -0.1) is 0 Å². The van der Waals surface area contributed by atoms with Crippen LogP contribution in [0.15, 0.2) is 0 Å². The average Bonchev–Trinajstić information content (AvgIpc) is 2.99. The fraction of sp³-hybridized carbons (Fsp3) is 0.667. The predicted molar refractivity (Wildman–Crippen MR) is 284 cm³/mol. The molecule has 3 nitrogen and oxygen atoms in total. The topological polar surface area (TPSA) is 20.2 Å². The van der Waals surface area contributed by atoms with E-state index in [2.05, 4.69) is 236 Å². The Morgan fingerprint density at radius 3 is 1.82 bits per heavy atom. The third-order valence-corrected chi connectivity index (χ3v) is 434. The molecule has 33 heavy (non-hydrogen) atoms. The molecule has 0 aliphatic carbocycles. The second-order valence-electron chi connectivity index (χ2n) is 6.40. The van der Waals surface area contributed by atoms with Gasteiger partial charge in [-0.3, -0.25) is 0 Å². The van der Waals surface area contributed by atoms with Crippen molar-refractivity contribution in [2.75, 3.05) is 5.01 Å². The second kappa shape index (κ2) is 18.8. The van der Waals surface area contributed by atoms with Crippen LogP contribution in [0.2, 0.25) is 0 Å². The van der Waals surface area contributed by atoms with E-state index in [0.717, 1.165) is 0 Å². The molecule has 0 fully saturated rings. The summed E-state index contributed by atoms with van der Waals surface area (Å²) in [6.45, 7) is 9.75. The summed E-state index contributed by atoms with van der Waals surface area (Å²) in [5, 5.41) is 2.71. The molecule has 1 aliphatic heterocycles. The van der Waals surface area contributed by atoms with Crippen molar-refractivity contribution in [2.24, 2.45) is 7.05 Å². The Morgan fingerprint density at radius 2 is 1.42 bits per heavy atom. The quantitative estimate of drug-likeness (QED) is 0.151. The van der Waals surface area contributed by atoms with Crippen molar-refractivity contribution in [1.82, 2.24) is 9.99 Å². The first-order chi connectivity index (χ1) is 15.2. The minimum atomic E-state index is -1.30. The maximum absolute atomic E-state index is 4.62. The molecule has 0 aromatic carbocycles. The summed E-state index contributed by atoms with van der Waals surface area (Å²) in [5.74, 6) is 0. The van der Waals surface area contributed by atoms with Gasteiger partial charge in [0.25, 0.3) is 0 Å². The number of halogens is 18. The van der Waals surface area contributed by atoms with Crippen molar-refractivity contribution in [3.8, 4) is 0 Å². The summed E-state index contributed by atoms with van der Waals surface area (Å²) in [7, 11) is 0.484. The number of hydrogen-bond acceptors (Lipinski definition) is 2. The number of nitrogens with zero attached hydrogens (tertiary/aromatic N) is 2. The van der Waals surface area contributed by atoms with E-state index in [1.165, 1.54) is 5.69 Å². The van der Waals surface area contributed by atoms with Gasteiger partial charge in [0.1, 0.15) is 0 Å². The van der Waals surface area contributed by atoms with Gasteiger partial charge in [-0.05, 0) is 0 Å². The molecule has 1 aromatic rings. The number of nitrogens with one attached hydrogen (secondary N) is 1. The number of alkyl halides is 4. The van der Waals surface area contributed by atoms with Crippen LogP contribution in [0.5, 0.6) is 0 Å². The normalized spacial score (nSPS) is 25.9. The molecule has 208 valence electrons. The molecule has 0 spiro atoms. The number of anilines is 1. The van der Waals surface area contributed by atoms with E-state index in [1.54, 1.807) is 11.4 Å². The van der Waals surface area contributed by atoms with Gasteiger partial charge in [0.15, 0.2) is 0 Å². The summed E-state index contributed by atoms with van der Waals surface area (Å²) in [4.78, 5) is 0. The number of rotatable bonds is 9. The zero-order valence-electron chi connectivity index (χ0n) is 16.8. The second-order valence-corrected chi connectivity index (χ2v) is 237. The standard InChI is InChI=1S/C12H17I18N3/c1-6(2)33-10-8(4)32(5)7(3)9(10)11(27(18)29(20)21,28(19)30(22)24-14)12(31-33,25(15)16)26(17)23-13/h6,31H,1-5H3/q-2. The Labute approximate surface area is 343 Å². The van der Waals surface area contributed by atoms with Crippen molar-refractivity contribution >= 4 is 255 Å². The number of fused-ring (bicyclic) bond motifs is 1. The Balaban J connectivity index is 3.26. The first-order valence-electron chi connectivity index (χ1n) is 8.01. The van der Waals surface area contributed by atoms with Crippen LogP contribution < -0.4 is 36.9 Å². The van der Waals surface area contributed by atoms with Crippen molar-refractivity contribution in [1.29, 1.82) is 0 Å².